The van der Waals surface area contributed by atoms with Crippen LogP contribution in [-0.4, -0.2) is 65.3 Å². The van der Waals surface area contributed by atoms with Gasteiger partial charge in [-0.25, -0.2) is 9.18 Å². The topological polar surface area (TPSA) is 142 Å². The molecule has 4 rings (SSSR count). The van der Waals surface area contributed by atoms with Crippen LogP contribution in [0, 0.1) is 5.82 Å². The number of halogens is 2. The first-order valence-electron chi connectivity index (χ1n) is 14.7. The van der Waals surface area contributed by atoms with E-state index in [1.807, 2.05) is 0 Å². The molecule has 2 heterocycles. The van der Waals surface area contributed by atoms with Crippen molar-refractivity contribution in [1.29, 1.82) is 0 Å². The number of Topliss-reactive ketones (excluding diaryl/α,β-unsaturated/α-hetero) is 1. The molecule has 12 nitrogen and oxygen atoms in total. The van der Waals surface area contributed by atoms with E-state index in [-0.39, 0.29) is 47.3 Å². The summed E-state index contributed by atoms with van der Waals surface area (Å²) in [5, 5.41) is 3.25. The van der Waals surface area contributed by atoms with E-state index in [1.54, 1.807) is 37.5 Å². The number of hydrogen-bond acceptors (Lipinski definition) is 9. The molecule has 3 aromatic rings. The van der Waals surface area contributed by atoms with Crippen molar-refractivity contribution in [2.45, 2.75) is 65.8 Å². The van der Waals surface area contributed by atoms with Gasteiger partial charge < -0.3 is 28.8 Å². The van der Waals surface area contributed by atoms with E-state index in [9.17, 15) is 28.1 Å². The summed E-state index contributed by atoms with van der Waals surface area (Å²) >= 11 is 5.84. The third-order valence-corrected chi connectivity index (χ3v) is 9.50. The average molecular weight is 680 g/mol. The van der Waals surface area contributed by atoms with Gasteiger partial charge in [0, 0.05) is 35.8 Å². The average Bonchev–Trinajstić information content (AvgIpc) is 3.63. The van der Waals surface area contributed by atoms with Gasteiger partial charge in [0.05, 0.1) is 28.6 Å². The molecule has 1 fully saturated rings. The number of benzene rings is 2. The Labute approximate surface area is 270 Å². The highest BCUT2D eigenvalue weighted by Gasteiger charge is 2.35. The maximum atomic E-state index is 14.3. The molecule has 248 valence electrons. The summed E-state index contributed by atoms with van der Waals surface area (Å²) in [6.45, 7) is 5.59. The van der Waals surface area contributed by atoms with Crippen molar-refractivity contribution in [3.05, 3.63) is 64.6 Å². The van der Waals surface area contributed by atoms with Crippen LogP contribution in [-0.2, 0) is 45.8 Å². The molecule has 1 aliphatic rings. The standard InChI is InChI=1S/C31H36ClFN3O9P/c1-5-43-46(41,44-18-42-31(40)45-19(2)3)22-11-12-23-24(20(4)37)16-35(27(23)14-22)17-28(38)36-13-7-10-26(36)30(39)34-15-21-8-6-9-25(32)29(21)33/h6,8-9,11-12,14,16,19,26H,5,7,10,13,15,17-18H2,1-4H3,(H,34,39)/t26-,46?/m0/s1. The fourth-order valence-corrected chi connectivity index (χ4v) is 6.78. The number of nitrogens with zero attached hydrogens (tertiary/aromatic N) is 2. The predicted octanol–water partition coefficient (Wildman–Crippen LogP) is 5.33. The van der Waals surface area contributed by atoms with Crippen LogP contribution in [0.1, 0.15) is 56.5 Å². The maximum absolute atomic E-state index is 14.3. The van der Waals surface area contributed by atoms with Gasteiger partial charge >= 0.3 is 13.8 Å². The van der Waals surface area contributed by atoms with E-state index in [2.05, 4.69) is 5.32 Å². The van der Waals surface area contributed by atoms with E-state index in [1.165, 1.54) is 42.3 Å². The lowest BCUT2D eigenvalue weighted by Gasteiger charge is -2.24. The Kier molecular flexibility index (Phi) is 11.6. The van der Waals surface area contributed by atoms with Crippen molar-refractivity contribution in [1.82, 2.24) is 14.8 Å². The number of carbonyl (C=O) groups excluding carboxylic acids is 4. The summed E-state index contributed by atoms with van der Waals surface area (Å²) in [7, 11) is -4.03. The van der Waals surface area contributed by atoms with Crippen LogP contribution in [0.2, 0.25) is 5.02 Å². The third kappa shape index (κ3) is 8.14. The van der Waals surface area contributed by atoms with Gasteiger partial charge in [-0.05, 0) is 58.7 Å². The van der Waals surface area contributed by atoms with Crippen molar-refractivity contribution in [3.63, 3.8) is 0 Å². The lowest BCUT2D eigenvalue weighted by molar-refractivity contribution is -0.138. The minimum absolute atomic E-state index is 0.00626. The van der Waals surface area contributed by atoms with Crippen LogP contribution < -0.4 is 10.6 Å². The lowest BCUT2D eigenvalue weighted by Crippen LogP contribution is -2.46. The van der Waals surface area contributed by atoms with E-state index >= 15 is 0 Å². The fraction of sp³-hybridized carbons (Fsp3) is 0.419. The summed E-state index contributed by atoms with van der Waals surface area (Å²) in [6.07, 6.45) is 1.11. The smallest absolute Gasteiger partial charge is 0.432 e. The Balaban J connectivity index is 1.55. The molecule has 2 atom stereocenters. The highest BCUT2D eigenvalue weighted by Crippen LogP contribution is 2.47. The number of carbonyl (C=O) groups is 4. The second-order valence-electron chi connectivity index (χ2n) is 10.8. The van der Waals surface area contributed by atoms with Crippen molar-refractivity contribution in [2.24, 2.45) is 0 Å². The number of ether oxygens (including phenoxy) is 2. The Morgan fingerprint density at radius 2 is 1.91 bits per heavy atom. The summed E-state index contributed by atoms with van der Waals surface area (Å²) in [4.78, 5) is 52.4. The van der Waals surface area contributed by atoms with Gasteiger partial charge in [-0.1, -0.05) is 29.8 Å². The molecule has 0 radical (unpaired) electrons. The SMILES string of the molecule is CCOP(=O)(OCOC(=O)OC(C)C)c1ccc2c(C(C)=O)cn(CC(=O)N3CCC[C@H]3C(=O)NCc3cccc(Cl)c3F)c2c1. The van der Waals surface area contributed by atoms with Crippen molar-refractivity contribution in [3.8, 4) is 0 Å². The molecular formula is C31H36ClFN3O9P. The molecule has 46 heavy (non-hydrogen) atoms. The lowest BCUT2D eigenvalue weighted by atomic mass is 10.1. The highest BCUT2D eigenvalue weighted by atomic mass is 35.5. The predicted molar refractivity (Wildman–Crippen MR) is 167 cm³/mol. The molecule has 1 aromatic heterocycles. The van der Waals surface area contributed by atoms with Crippen molar-refractivity contribution >= 4 is 59.2 Å². The highest BCUT2D eigenvalue weighted by molar-refractivity contribution is 7.62. The van der Waals surface area contributed by atoms with Gasteiger partial charge in [0.1, 0.15) is 18.4 Å². The van der Waals surface area contributed by atoms with Gasteiger partial charge in [-0.15, -0.1) is 0 Å². The van der Waals surface area contributed by atoms with Crippen LogP contribution in [0.3, 0.4) is 0 Å². The largest absolute Gasteiger partial charge is 0.510 e. The quantitative estimate of drug-likeness (QED) is 0.110. The van der Waals surface area contributed by atoms with Crippen molar-refractivity contribution < 1.29 is 46.7 Å². The Hall–Kier alpha value is -3.77. The number of fused-ring (bicyclic) bond motifs is 1. The number of hydrogen-bond donors (Lipinski definition) is 1. The van der Waals surface area contributed by atoms with Gasteiger partial charge in [-0.3, -0.25) is 23.5 Å². The zero-order chi connectivity index (χ0) is 33.6. The Morgan fingerprint density at radius 3 is 2.61 bits per heavy atom. The third-order valence-electron chi connectivity index (χ3n) is 7.26. The summed E-state index contributed by atoms with van der Waals surface area (Å²) in [5.74, 6) is -1.68. The van der Waals surface area contributed by atoms with Crippen LogP contribution in [0.5, 0.6) is 0 Å². The fourth-order valence-electron chi connectivity index (χ4n) is 5.15. The molecule has 1 N–H and O–H groups in total. The number of nitrogens with one attached hydrogen (secondary N) is 1. The maximum Gasteiger partial charge on any atom is 0.510 e. The summed E-state index contributed by atoms with van der Waals surface area (Å²) in [5.41, 5.74) is 0.954. The molecule has 2 aromatic carbocycles. The van der Waals surface area contributed by atoms with E-state index in [4.69, 9.17) is 30.1 Å². The molecule has 1 saturated heterocycles. The van der Waals surface area contributed by atoms with E-state index in [0.717, 1.165) is 0 Å². The molecule has 0 saturated carbocycles. The van der Waals surface area contributed by atoms with Crippen LogP contribution in [0.25, 0.3) is 10.9 Å². The van der Waals surface area contributed by atoms with Crippen molar-refractivity contribution in [2.75, 3.05) is 19.9 Å². The van der Waals surface area contributed by atoms with Crippen LogP contribution in [0.4, 0.5) is 9.18 Å². The minimum atomic E-state index is -4.03. The monoisotopic (exact) mass is 679 g/mol. The molecule has 0 spiro atoms. The normalized spacial score (nSPS) is 16.0. The number of rotatable bonds is 13. The Morgan fingerprint density at radius 1 is 1.15 bits per heavy atom. The van der Waals surface area contributed by atoms with Gasteiger partial charge in [0.25, 0.3) is 0 Å². The minimum Gasteiger partial charge on any atom is -0.432 e. The molecular weight excluding hydrogens is 644 g/mol. The molecule has 2 amide bonds. The molecule has 1 unspecified atom stereocenters. The van der Waals surface area contributed by atoms with Gasteiger partial charge in [0.15, 0.2) is 5.78 Å². The van der Waals surface area contributed by atoms with E-state index in [0.29, 0.717) is 35.9 Å². The Bertz CT molecular complexity index is 1680. The molecule has 15 heteroatoms. The zero-order valence-corrected chi connectivity index (χ0v) is 27.6. The second kappa shape index (κ2) is 15.2. The summed E-state index contributed by atoms with van der Waals surface area (Å²) in [6, 6.07) is 8.28. The first-order valence-corrected chi connectivity index (χ1v) is 16.6. The molecule has 0 aliphatic carbocycles. The molecule has 1 aliphatic heterocycles. The van der Waals surface area contributed by atoms with Crippen LogP contribution in [0.15, 0.2) is 42.6 Å². The second-order valence-corrected chi connectivity index (χ2v) is 13.3. The number of amides is 2. The number of likely N-dealkylation sites (tertiary alicyclic amines) is 1. The van der Waals surface area contributed by atoms with Gasteiger partial charge in [0.2, 0.25) is 18.6 Å². The van der Waals surface area contributed by atoms with E-state index < -0.39 is 44.4 Å². The van der Waals surface area contributed by atoms with Gasteiger partial charge in [-0.2, -0.15) is 0 Å². The number of aromatic nitrogens is 1. The summed E-state index contributed by atoms with van der Waals surface area (Å²) < 4.78 is 50.2. The first-order chi connectivity index (χ1) is 21.8. The number of ketones is 1. The zero-order valence-electron chi connectivity index (χ0n) is 25.9. The van der Waals surface area contributed by atoms with Crippen LogP contribution >= 0.6 is 19.2 Å². The first kappa shape index (κ1) is 35.1. The molecule has 0 bridgehead atoms.